The number of hydrogen-bond donors (Lipinski definition) is 0. The molecule has 0 amide bonds. The van der Waals surface area contributed by atoms with Crippen molar-refractivity contribution >= 4 is 29.2 Å². The van der Waals surface area contributed by atoms with Crippen LogP contribution >= 0.6 is 23.2 Å². The highest BCUT2D eigenvalue weighted by Crippen LogP contribution is 2.49. The Labute approximate surface area is 69.4 Å². The molecule has 0 radical (unpaired) electrons. The normalized spacial score (nSPS) is 27.7. The van der Waals surface area contributed by atoms with E-state index in [9.17, 15) is 4.79 Å². The van der Waals surface area contributed by atoms with Crippen LogP contribution in [0.15, 0.2) is 0 Å². The molecule has 1 rings (SSSR count). The molecule has 58 valence electrons. The van der Waals surface area contributed by atoms with E-state index in [2.05, 4.69) is 0 Å². The van der Waals surface area contributed by atoms with Gasteiger partial charge < -0.3 is 4.74 Å². The molecule has 0 spiro atoms. The number of ether oxygens (including phenoxy) is 1. The highest BCUT2D eigenvalue weighted by molar-refractivity contribution is 6.51. The van der Waals surface area contributed by atoms with Gasteiger partial charge in [-0.2, -0.15) is 0 Å². The van der Waals surface area contributed by atoms with Crippen molar-refractivity contribution in [2.75, 3.05) is 0 Å². The van der Waals surface area contributed by atoms with Crippen LogP contribution < -0.4 is 0 Å². The third-order valence-electron chi connectivity index (χ3n) is 1.33. The lowest BCUT2D eigenvalue weighted by Gasteiger charge is -2.00. The van der Waals surface area contributed by atoms with E-state index in [4.69, 9.17) is 27.9 Å². The molecule has 0 aromatic carbocycles. The van der Waals surface area contributed by atoms with Gasteiger partial charge in [0.1, 0.15) is 6.10 Å². The van der Waals surface area contributed by atoms with Gasteiger partial charge in [0.25, 0.3) is 0 Å². The zero-order valence-electron chi connectivity index (χ0n) is 5.56. The Morgan fingerprint density at radius 3 is 2.60 bits per heavy atom. The van der Waals surface area contributed by atoms with Gasteiger partial charge in [0.15, 0.2) is 4.33 Å². The van der Waals surface area contributed by atoms with Crippen LogP contribution in [0.25, 0.3) is 0 Å². The van der Waals surface area contributed by atoms with Crippen LogP contribution in [0.2, 0.25) is 0 Å². The smallest absolute Gasteiger partial charge is 0.305 e. The predicted molar refractivity (Wildman–Crippen MR) is 39.2 cm³/mol. The van der Waals surface area contributed by atoms with Gasteiger partial charge in [-0.25, -0.2) is 0 Å². The summed E-state index contributed by atoms with van der Waals surface area (Å²) in [5.41, 5.74) is 0. The van der Waals surface area contributed by atoms with Crippen LogP contribution in [0.3, 0.4) is 0 Å². The monoisotopic (exact) mass is 182 g/mol. The number of rotatable bonds is 2. The van der Waals surface area contributed by atoms with Gasteiger partial charge in [-0.05, 0) is 0 Å². The zero-order valence-corrected chi connectivity index (χ0v) is 7.08. The van der Waals surface area contributed by atoms with Gasteiger partial charge in [-0.15, -0.1) is 0 Å². The van der Waals surface area contributed by atoms with Gasteiger partial charge in [0, 0.05) is 12.8 Å². The van der Waals surface area contributed by atoms with Gasteiger partial charge in [-0.3, -0.25) is 4.79 Å². The number of halogens is 2. The maximum absolute atomic E-state index is 10.6. The maximum atomic E-state index is 10.6. The SMILES string of the molecule is CCC(=O)OC1CC1(Cl)Cl. The van der Waals surface area contributed by atoms with Crippen LogP contribution in [-0.4, -0.2) is 16.4 Å². The fourth-order valence-electron chi connectivity index (χ4n) is 0.558. The Morgan fingerprint density at radius 1 is 1.80 bits per heavy atom. The van der Waals surface area contributed by atoms with E-state index in [1.165, 1.54) is 0 Å². The summed E-state index contributed by atoms with van der Waals surface area (Å²) in [5.74, 6) is -0.242. The number of hydrogen-bond acceptors (Lipinski definition) is 2. The number of alkyl halides is 2. The standard InChI is InChI=1S/C6H8Cl2O2/c1-2-5(9)10-4-3-6(4,7)8/h4H,2-3H2,1H3. The number of esters is 1. The first-order valence-electron chi connectivity index (χ1n) is 3.13. The van der Waals surface area contributed by atoms with Crippen molar-refractivity contribution in [1.82, 2.24) is 0 Å². The molecule has 0 bridgehead atoms. The quantitative estimate of drug-likeness (QED) is 0.482. The number of carbonyl (C=O) groups excluding carboxylic acids is 1. The Bertz CT molecular complexity index is 156. The second kappa shape index (κ2) is 2.59. The second-order valence-corrected chi connectivity index (χ2v) is 3.84. The van der Waals surface area contributed by atoms with Crippen LogP contribution in [-0.2, 0) is 9.53 Å². The van der Waals surface area contributed by atoms with E-state index in [1.54, 1.807) is 6.92 Å². The second-order valence-electron chi connectivity index (χ2n) is 2.30. The molecule has 2 nitrogen and oxygen atoms in total. The third-order valence-corrected chi connectivity index (χ3v) is 2.13. The van der Waals surface area contributed by atoms with Crippen molar-refractivity contribution in [2.45, 2.75) is 30.2 Å². The van der Waals surface area contributed by atoms with E-state index in [0.717, 1.165) is 0 Å². The van der Waals surface area contributed by atoms with Gasteiger partial charge >= 0.3 is 5.97 Å². The lowest BCUT2D eigenvalue weighted by atomic mass is 10.5. The minimum absolute atomic E-state index is 0.242. The molecule has 1 fully saturated rings. The van der Waals surface area contributed by atoms with Crippen LogP contribution in [0, 0.1) is 0 Å². The maximum Gasteiger partial charge on any atom is 0.305 e. The first-order chi connectivity index (χ1) is 4.56. The van der Waals surface area contributed by atoms with Gasteiger partial charge in [0.05, 0.1) is 0 Å². The van der Waals surface area contributed by atoms with Gasteiger partial charge in [-0.1, -0.05) is 30.1 Å². The van der Waals surface area contributed by atoms with E-state index < -0.39 is 4.33 Å². The largest absolute Gasteiger partial charge is 0.459 e. The van der Waals surface area contributed by atoms with Crippen molar-refractivity contribution in [3.05, 3.63) is 0 Å². The molecule has 1 unspecified atom stereocenters. The fourth-order valence-corrected chi connectivity index (χ4v) is 0.928. The van der Waals surface area contributed by atoms with E-state index in [0.29, 0.717) is 12.8 Å². The van der Waals surface area contributed by atoms with Crippen molar-refractivity contribution in [3.8, 4) is 0 Å². The van der Waals surface area contributed by atoms with Crippen molar-refractivity contribution in [2.24, 2.45) is 0 Å². The lowest BCUT2D eigenvalue weighted by Crippen LogP contribution is -2.08. The molecular weight excluding hydrogens is 175 g/mol. The summed E-state index contributed by atoms with van der Waals surface area (Å²) in [6.07, 6.45) is 0.658. The van der Waals surface area contributed by atoms with Crippen LogP contribution in [0.5, 0.6) is 0 Å². The Kier molecular flexibility index (Phi) is 2.11. The fraction of sp³-hybridized carbons (Fsp3) is 0.833. The highest BCUT2D eigenvalue weighted by atomic mass is 35.5. The van der Waals surface area contributed by atoms with E-state index in [-0.39, 0.29) is 12.1 Å². The first-order valence-corrected chi connectivity index (χ1v) is 3.89. The molecule has 1 atom stereocenters. The Hall–Kier alpha value is 0.0500. The van der Waals surface area contributed by atoms with Crippen molar-refractivity contribution in [3.63, 3.8) is 0 Å². The topological polar surface area (TPSA) is 26.3 Å². The third kappa shape index (κ3) is 1.77. The average Bonchev–Trinajstić information content (AvgIpc) is 2.40. The zero-order chi connectivity index (χ0) is 7.78. The summed E-state index contributed by atoms with van der Waals surface area (Å²) in [6, 6.07) is 0. The minimum Gasteiger partial charge on any atom is -0.459 e. The molecular formula is C6H8Cl2O2. The van der Waals surface area contributed by atoms with E-state index >= 15 is 0 Å². The predicted octanol–water partition coefficient (Wildman–Crippen LogP) is 1.89. The highest BCUT2D eigenvalue weighted by Gasteiger charge is 2.55. The Balaban J connectivity index is 2.24. The lowest BCUT2D eigenvalue weighted by molar-refractivity contribution is -0.144. The van der Waals surface area contributed by atoms with E-state index in [1.807, 2.05) is 0 Å². The minimum atomic E-state index is -0.801. The molecule has 4 heteroatoms. The summed E-state index contributed by atoms with van der Waals surface area (Å²) in [4.78, 5) is 10.6. The molecule has 0 aromatic heterocycles. The van der Waals surface area contributed by atoms with Crippen molar-refractivity contribution < 1.29 is 9.53 Å². The molecule has 1 aliphatic rings. The molecule has 0 aliphatic heterocycles. The molecule has 0 aromatic rings. The van der Waals surface area contributed by atoms with Crippen LogP contribution in [0.4, 0.5) is 0 Å². The molecule has 1 aliphatic carbocycles. The first kappa shape index (κ1) is 8.15. The van der Waals surface area contributed by atoms with Gasteiger partial charge in [0.2, 0.25) is 0 Å². The van der Waals surface area contributed by atoms with Crippen molar-refractivity contribution in [1.29, 1.82) is 0 Å². The van der Waals surface area contributed by atoms with Crippen LogP contribution in [0.1, 0.15) is 19.8 Å². The molecule has 0 saturated heterocycles. The summed E-state index contributed by atoms with van der Waals surface area (Å²) in [7, 11) is 0. The summed E-state index contributed by atoms with van der Waals surface area (Å²) in [5, 5.41) is 0. The summed E-state index contributed by atoms with van der Waals surface area (Å²) in [6.45, 7) is 1.73. The summed E-state index contributed by atoms with van der Waals surface area (Å²) < 4.78 is 4.02. The summed E-state index contributed by atoms with van der Waals surface area (Å²) >= 11 is 11.2. The molecule has 0 heterocycles. The molecule has 10 heavy (non-hydrogen) atoms. The average molecular weight is 183 g/mol. The molecule has 1 saturated carbocycles. The number of carbonyl (C=O) groups is 1. The Morgan fingerprint density at radius 2 is 2.30 bits per heavy atom. The molecule has 0 N–H and O–H groups in total.